The Bertz CT molecular complexity index is 1390. The van der Waals surface area contributed by atoms with Crippen LogP contribution in [0.25, 0.3) is 10.9 Å². The number of rotatable bonds is 6. The summed E-state index contributed by atoms with van der Waals surface area (Å²) in [6, 6.07) is 25.8. The topological polar surface area (TPSA) is 97.5 Å². The lowest BCUT2D eigenvalue weighted by molar-refractivity contribution is -0.136. The lowest BCUT2D eigenvalue weighted by Gasteiger charge is -2.34. The Morgan fingerprint density at radius 2 is 1.64 bits per heavy atom. The molecule has 2 unspecified atom stereocenters. The highest BCUT2D eigenvalue weighted by atomic mass is 16.4. The highest BCUT2D eigenvalue weighted by molar-refractivity contribution is 6.01. The second-order valence-corrected chi connectivity index (χ2v) is 10.4. The van der Waals surface area contributed by atoms with Gasteiger partial charge in [0.2, 0.25) is 0 Å². The second kappa shape index (κ2) is 12.6. The van der Waals surface area contributed by atoms with Gasteiger partial charge in [-0.3, -0.25) is 4.79 Å². The number of anilines is 2. The van der Waals surface area contributed by atoms with Crippen LogP contribution in [-0.4, -0.2) is 46.1 Å². The summed E-state index contributed by atoms with van der Waals surface area (Å²) >= 11 is 0. The summed E-state index contributed by atoms with van der Waals surface area (Å²) in [5.41, 5.74) is 5.22. The normalized spacial score (nSPS) is 18.6. The number of aliphatic carboxylic acids is 1. The van der Waals surface area contributed by atoms with E-state index in [1.54, 1.807) is 0 Å². The maximum Gasteiger partial charge on any atom is 0.323 e. The van der Waals surface area contributed by atoms with Crippen LogP contribution in [0.4, 0.5) is 16.2 Å². The molecule has 4 N–H and O–H groups in total. The summed E-state index contributed by atoms with van der Waals surface area (Å²) in [5.74, 6) is -0.143. The summed E-state index contributed by atoms with van der Waals surface area (Å²) in [6.45, 7) is 2.48. The third-order valence-corrected chi connectivity index (χ3v) is 7.73. The first kappa shape index (κ1) is 26.5. The Morgan fingerprint density at radius 1 is 0.897 bits per heavy atom. The van der Waals surface area contributed by atoms with Crippen LogP contribution in [0.5, 0.6) is 0 Å². The predicted molar refractivity (Wildman–Crippen MR) is 156 cm³/mol. The number of hydrogen-bond acceptors (Lipinski definition) is 3. The molecule has 0 aliphatic carbocycles. The Balaban J connectivity index is 0.000000237. The van der Waals surface area contributed by atoms with E-state index in [1.165, 1.54) is 49.7 Å². The third-order valence-electron chi connectivity index (χ3n) is 7.73. The number of benzene rings is 3. The zero-order chi connectivity index (χ0) is 27.0. The Hall–Kier alpha value is -4.10. The van der Waals surface area contributed by atoms with Gasteiger partial charge in [0.15, 0.2) is 0 Å². The number of aromatic amines is 1. The van der Waals surface area contributed by atoms with Crippen molar-refractivity contribution in [2.45, 2.75) is 50.5 Å². The number of nitrogens with one attached hydrogen (secondary N) is 3. The van der Waals surface area contributed by atoms with Gasteiger partial charge < -0.3 is 25.6 Å². The number of hydrogen-bond donors (Lipinski definition) is 4. The number of aromatic nitrogens is 1. The van der Waals surface area contributed by atoms with E-state index in [2.05, 4.69) is 38.8 Å². The summed E-state index contributed by atoms with van der Waals surface area (Å²) in [5, 5.41) is 15.4. The van der Waals surface area contributed by atoms with E-state index in [4.69, 9.17) is 5.11 Å². The van der Waals surface area contributed by atoms with Crippen molar-refractivity contribution in [3.8, 4) is 0 Å². The SMILES string of the molecule is O=C(Nc1ccccc1)Nc1ccc2[nH]cc(C3CCN4CCCC4C3)c2c1.O=C(O)CCc1ccccc1. The molecule has 0 saturated carbocycles. The number of aryl methyl sites for hydroxylation is 1. The van der Waals surface area contributed by atoms with Crippen molar-refractivity contribution >= 4 is 34.3 Å². The number of fused-ring (bicyclic) bond motifs is 2. The fraction of sp³-hybridized carbons (Fsp3) is 0.312. The maximum absolute atomic E-state index is 12.3. The molecule has 2 fully saturated rings. The molecule has 7 heteroatoms. The molecule has 7 nitrogen and oxygen atoms in total. The van der Waals surface area contributed by atoms with E-state index >= 15 is 0 Å². The second-order valence-electron chi connectivity index (χ2n) is 10.4. The van der Waals surface area contributed by atoms with Crippen LogP contribution in [0.2, 0.25) is 0 Å². The molecular weight excluding hydrogens is 488 g/mol. The minimum Gasteiger partial charge on any atom is -0.481 e. The lowest BCUT2D eigenvalue weighted by Crippen LogP contribution is -2.37. The van der Waals surface area contributed by atoms with Gasteiger partial charge in [0.05, 0.1) is 0 Å². The quantitative estimate of drug-likeness (QED) is 0.222. The average Bonchev–Trinajstić information content (AvgIpc) is 3.60. The smallest absolute Gasteiger partial charge is 0.323 e. The number of carbonyl (C=O) groups is 2. The van der Waals surface area contributed by atoms with Crippen molar-refractivity contribution in [2.24, 2.45) is 0 Å². The summed E-state index contributed by atoms with van der Waals surface area (Å²) in [4.78, 5) is 28.6. The number of amides is 2. The Morgan fingerprint density at radius 3 is 2.41 bits per heavy atom. The first-order chi connectivity index (χ1) is 19.0. The molecule has 4 aromatic rings. The third kappa shape index (κ3) is 7.06. The minimum absolute atomic E-state index is 0.212. The van der Waals surface area contributed by atoms with Gasteiger partial charge in [-0.2, -0.15) is 0 Å². The number of nitrogens with zero attached hydrogens (tertiary/aromatic N) is 1. The van der Waals surface area contributed by atoms with Crippen LogP contribution >= 0.6 is 0 Å². The Labute approximate surface area is 229 Å². The van der Waals surface area contributed by atoms with E-state index < -0.39 is 5.97 Å². The van der Waals surface area contributed by atoms with Crippen molar-refractivity contribution in [3.63, 3.8) is 0 Å². The maximum atomic E-state index is 12.3. The van der Waals surface area contributed by atoms with Gasteiger partial charge in [0.1, 0.15) is 0 Å². The molecule has 2 amide bonds. The number of carboxylic acid groups (broad SMARTS) is 1. The zero-order valence-electron chi connectivity index (χ0n) is 22.1. The van der Waals surface area contributed by atoms with Crippen molar-refractivity contribution in [1.82, 2.24) is 9.88 Å². The standard InChI is InChI=1S/C23H26N4O.C9H10O2/c28-23(25-17-5-2-1-3-6-17)26-18-8-9-22-20(14-18)21(15-24-22)16-10-12-27-11-4-7-19(27)13-16;10-9(11)7-6-8-4-2-1-3-5-8/h1-3,5-6,8-9,14-16,19,24H,4,7,10-13H2,(H2,25,26,28);1-5H,6-7H2,(H,10,11). The number of urea groups is 1. The molecule has 2 atom stereocenters. The number of H-pyrrole nitrogens is 1. The lowest BCUT2D eigenvalue weighted by atomic mass is 9.85. The van der Waals surface area contributed by atoms with Crippen molar-refractivity contribution < 1.29 is 14.7 Å². The van der Waals surface area contributed by atoms with Crippen LogP contribution in [-0.2, 0) is 11.2 Å². The fourth-order valence-corrected chi connectivity index (χ4v) is 5.78. The molecule has 39 heavy (non-hydrogen) atoms. The molecular formula is C32H36N4O3. The largest absolute Gasteiger partial charge is 0.481 e. The summed E-state index contributed by atoms with van der Waals surface area (Å²) in [6.07, 6.45) is 8.16. The van der Waals surface area contributed by atoms with Crippen LogP contribution in [0.15, 0.2) is 85.1 Å². The molecule has 2 aliphatic rings. The van der Waals surface area contributed by atoms with Crippen LogP contribution in [0, 0.1) is 0 Å². The molecule has 0 bridgehead atoms. The molecule has 3 aromatic carbocycles. The van der Waals surface area contributed by atoms with Crippen molar-refractivity contribution in [1.29, 1.82) is 0 Å². The highest BCUT2D eigenvalue weighted by Gasteiger charge is 2.33. The van der Waals surface area contributed by atoms with E-state index in [0.717, 1.165) is 28.5 Å². The molecule has 202 valence electrons. The Kier molecular flexibility index (Phi) is 8.58. The van der Waals surface area contributed by atoms with E-state index in [9.17, 15) is 9.59 Å². The minimum atomic E-state index is -0.742. The molecule has 1 aromatic heterocycles. The van der Waals surface area contributed by atoms with Crippen LogP contribution < -0.4 is 10.6 Å². The van der Waals surface area contributed by atoms with Gasteiger partial charge in [-0.25, -0.2) is 4.79 Å². The van der Waals surface area contributed by atoms with Gasteiger partial charge >= 0.3 is 12.0 Å². The molecule has 0 radical (unpaired) electrons. The molecule has 2 saturated heterocycles. The summed E-state index contributed by atoms with van der Waals surface area (Å²) in [7, 11) is 0. The van der Waals surface area contributed by atoms with Gasteiger partial charge in [-0.15, -0.1) is 0 Å². The summed E-state index contributed by atoms with van der Waals surface area (Å²) < 4.78 is 0. The number of carboxylic acids is 1. The van der Waals surface area contributed by atoms with Gasteiger partial charge in [0, 0.05) is 40.9 Å². The van der Waals surface area contributed by atoms with Crippen molar-refractivity contribution in [2.75, 3.05) is 23.7 Å². The number of piperidine rings is 1. The van der Waals surface area contributed by atoms with Crippen LogP contribution in [0.3, 0.4) is 0 Å². The van der Waals surface area contributed by atoms with Crippen molar-refractivity contribution in [3.05, 3.63) is 96.2 Å². The van der Waals surface area contributed by atoms with Crippen LogP contribution in [0.1, 0.15) is 49.1 Å². The highest BCUT2D eigenvalue weighted by Crippen LogP contribution is 2.39. The number of carbonyl (C=O) groups excluding carboxylic acids is 1. The van der Waals surface area contributed by atoms with Gasteiger partial charge in [-0.1, -0.05) is 48.5 Å². The zero-order valence-corrected chi connectivity index (χ0v) is 22.1. The molecule has 0 spiro atoms. The first-order valence-corrected chi connectivity index (χ1v) is 13.8. The monoisotopic (exact) mass is 524 g/mol. The van der Waals surface area contributed by atoms with Gasteiger partial charge in [-0.05, 0) is 92.6 Å². The molecule has 6 rings (SSSR count). The van der Waals surface area contributed by atoms with E-state index in [1.807, 2.05) is 66.7 Å². The number of para-hydroxylation sites is 1. The first-order valence-electron chi connectivity index (χ1n) is 13.8. The van der Waals surface area contributed by atoms with Gasteiger partial charge in [0.25, 0.3) is 0 Å². The van der Waals surface area contributed by atoms with E-state index in [0.29, 0.717) is 12.3 Å². The molecule has 3 heterocycles. The molecule has 2 aliphatic heterocycles. The fourth-order valence-electron chi connectivity index (χ4n) is 5.78. The van der Waals surface area contributed by atoms with E-state index in [-0.39, 0.29) is 12.5 Å². The average molecular weight is 525 g/mol. The predicted octanol–water partition coefficient (Wildman–Crippen LogP) is 6.86.